The van der Waals surface area contributed by atoms with Crippen LogP contribution in [0.2, 0.25) is 0 Å². The Morgan fingerprint density at radius 1 is 0.857 bits per heavy atom. The van der Waals surface area contributed by atoms with Crippen molar-refractivity contribution < 1.29 is 19.1 Å². The van der Waals surface area contributed by atoms with E-state index in [0.29, 0.717) is 25.7 Å². The van der Waals surface area contributed by atoms with Crippen molar-refractivity contribution in [2.75, 3.05) is 0 Å². The molecule has 1 saturated carbocycles. The van der Waals surface area contributed by atoms with E-state index in [-0.39, 0.29) is 12.2 Å². The van der Waals surface area contributed by atoms with E-state index in [1.807, 2.05) is 0 Å². The number of carbonyl (C=O) groups excluding carboxylic acids is 2. The molecule has 0 aromatic carbocycles. The molecule has 0 N–H and O–H groups in total. The third kappa shape index (κ3) is 4.15. The van der Waals surface area contributed by atoms with Gasteiger partial charge in [0, 0.05) is 23.2 Å². The maximum absolute atomic E-state index is 10.4. The average Bonchev–Trinajstić information content (AvgIpc) is 2.06. The third-order valence-electron chi connectivity index (χ3n) is 2.14. The van der Waals surface area contributed by atoms with E-state index in [1.54, 1.807) is 0 Å². The smallest absolute Gasteiger partial charge is 0.404 e. The minimum absolute atomic E-state index is 0.162. The van der Waals surface area contributed by atoms with Crippen LogP contribution in [0.3, 0.4) is 0 Å². The van der Waals surface area contributed by atoms with Gasteiger partial charge in [-0.05, 0) is 25.7 Å². The Labute approximate surface area is 91.4 Å². The predicted octanol–water partition coefficient (Wildman–Crippen LogP) is 3.05. The largest absolute Gasteiger partial charge is 0.450 e. The van der Waals surface area contributed by atoms with Crippen molar-refractivity contribution in [2.45, 2.75) is 37.9 Å². The normalized spacial score (nSPS) is 26.7. The molecular weight excluding hydrogens is 231 g/mol. The summed E-state index contributed by atoms with van der Waals surface area (Å²) in [6, 6.07) is 0. The molecule has 0 radical (unpaired) electrons. The Bertz CT molecular complexity index is 199. The van der Waals surface area contributed by atoms with Gasteiger partial charge in [0.2, 0.25) is 0 Å². The monoisotopic (exact) mass is 240 g/mol. The van der Waals surface area contributed by atoms with Crippen LogP contribution < -0.4 is 0 Å². The summed E-state index contributed by atoms with van der Waals surface area (Å²) in [5.74, 6) is 0. The Kier molecular flexibility index (Phi) is 4.48. The van der Waals surface area contributed by atoms with Gasteiger partial charge in [-0.15, -0.1) is 0 Å². The number of hydrogen-bond acceptors (Lipinski definition) is 4. The highest BCUT2D eigenvalue weighted by atomic mass is 35.5. The second-order valence-electron chi connectivity index (χ2n) is 3.11. The van der Waals surface area contributed by atoms with Crippen LogP contribution in [0, 0.1) is 0 Å². The molecule has 1 aliphatic rings. The number of rotatable bonds is 2. The molecular formula is C8H10Cl2O4. The fourth-order valence-electron chi connectivity index (χ4n) is 1.53. The Morgan fingerprint density at radius 2 is 1.14 bits per heavy atom. The van der Waals surface area contributed by atoms with Crippen molar-refractivity contribution in [3.05, 3.63) is 0 Å². The summed E-state index contributed by atoms with van der Waals surface area (Å²) in [4.78, 5) is 20.8. The summed E-state index contributed by atoms with van der Waals surface area (Å²) in [7, 11) is 0. The topological polar surface area (TPSA) is 52.6 Å². The van der Waals surface area contributed by atoms with Crippen molar-refractivity contribution >= 4 is 34.1 Å². The lowest BCUT2D eigenvalue weighted by Gasteiger charge is -2.26. The molecule has 4 nitrogen and oxygen atoms in total. The van der Waals surface area contributed by atoms with E-state index < -0.39 is 10.9 Å². The highest BCUT2D eigenvalue weighted by Crippen LogP contribution is 2.24. The van der Waals surface area contributed by atoms with Crippen LogP contribution in [-0.4, -0.2) is 23.1 Å². The Balaban J connectivity index is 2.24. The fourth-order valence-corrected chi connectivity index (χ4v) is 1.78. The van der Waals surface area contributed by atoms with E-state index in [4.69, 9.17) is 32.7 Å². The number of halogens is 2. The van der Waals surface area contributed by atoms with Crippen molar-refractivity contribution in [3.8, 4) is 0 Å². The average molecular weight is 241 g/mol. The molecule has 0 aromatic rings. The second-order valence-corrected chi connectivity index (χ2v) is 3.73. The molecule has 0 atom stereocenters. The molecule has 1 aliphatic carbocycles. The van der Waals surface area contributed by atoms with Gasteiger partial charge in [0.25, 0.3) is 0 Å². The molecule has 0 aromatic heterocycles. The van der Waals surface area contributed by atoms with Crippen LogP contribution in [0.4, 0.5) is 9.59 Å². The number of hydrogen-bond donors (Lipinski definition) is 0. The lowest BCUT2D eigenvalue weighted by Crippen LogP contribution is -2.27. The molecule has 0 amide bonds. The molecule has 0 unspecified atom stereocenters. The molecule has 0 aliphatic heterocycles. The van der Waals surface area contributed by atoms with Crippen LogP contribution in [-0.2, 0) is 9.47 Å². The quantitative estimate of drug-likeness (QED) is 0.697. The first kappa shape index (κ1) is 11.6. The summed E-state index contributed by atoms with van der Waals surface area (Å²) in [6.07, 6.45) is 2.26. The van der Waals surface area contributed by atoms with E-state index in [1.165, 1.54) is 0 Å². The Hall–Kier alpha value is -0.480. The van der Waals surface area contributed by atoms with E-state index >= 15 is 0 Å². The molecule has 80 valence electrons. The van der Waals surface area contributed by atoms with Gasteiger partial charge in [0.1, 0.15) is 12.2 Å². The van der Waals surface area contributed by atoms with Crippen LogP contribution in [0.1, 0.15) is 25.7 Å². The first-order chi connectivity index (χ1) is 6.58. The first-order valence-corrected chi connectivity index (χ1v) is 5.05. The molecule has 6 heteroatoms. The molecule has 0 heterocycles. The zero-order chi connectivity index (χ0) is 10.6. The lowest BCUT2D eigenvalue weighted by molar-refractivity contribution is 0.0378. The predicted molar refractivity (Wildman–Crippen MR) is 50.7 cm³/mol. The summed E-state index contributed by atoms with van der Waals surface area (Å²) >= 11 is 10.1. The number of carbonyl (C=O) groups is 2. The van der Waals surface area contributed by atoms with E-state index in [0.717, 1.165) is 0 Å². The van der Waals surface area contributed by atoms with Crippen molar-refractivity contribution in [1.82, 2.24) is 0 Å². The highest BCUT2D eigenvalue weighted by molar-refractivity contribution is 6.61. The van der Waals surface area contributed by atoms with Gasteiger partial charge in [-0.3, -0.25) is 0 Å². The third-order valence-corrected chi connectivity index (χ3v) is 2.32. The maximum Gasteiger partial charge on any atom is 0.404 e. The molecule has 0 bridgehead atoms. The molecule has 0 saturated heterocycles. The standard InChI is InChI=1S/C8H10Cl2O4/c9-7(11)13-5-1-2-6(4-3-5)14-8(10)12/h5-6H,1-4H2/t5-,6-. The summed E-state index contributed by atoms with van der Waals surface area (Å²) < 4.78 is 9.59. The SMILES string of the molecule is O=C(Cl)O[C@H]1CC[C@H](OC(=O)Cl)CC1. The lowest BCUT2D eigenvalue weighted by atomic mass is 9.95. The van der Waals surface area contributed by atoms with Crippen molar-refractivity contribution in [3.63, 3.8) is 0 Å². The van der Waals surface area contributed by atoms with E-state index in [2.05, 4.69) is 0 Å². The fraction of sp³-hybridized carbons (Fsp3) is 0.750. The summed E-state index contributed by atoms with van der Waals surface area (Å²) in [5.41, 5.74) is -1.58. The van der Waals surface area contributed by atoms with Crippen LogP contribution in [0.15, 0.2) is 0 Å². The minimum Gasteiger partial charge on any atom is -0.450 e. The number of ether oxygens (including phenoxy) is 2. The zero-order valence-electron chi connectivity index (χ0n) is 7.37. The van der Waals surface area contributed by atoms with Gasteiger partial charge in [-0.25, -0.2) is 9.59 Å². The minimum atomic E-state index is -0.789. The highest BCUT2D eigenvalue weighted by Gasteiger charge is 2.25. The molecule has 1 rings (SSSR count). The first-order valence-electron chi connectivity index (χ1n) is 4.30. The van der Waals surface area contributed by atoms with Crippen molar-refractivity contribution in [1.29, 1.82) is 0 Å². The maximum atomic E-state index is 10.4. The van der Waals surface area contributed by atoms with Gasteiger partial charge in [0.05, 0.1) is 0 Å². The van der Waals surface area contributed by atoms with Gasteiger partial charge in [0.15, 0.2) is 0 Å². The van der Waals surface area contributed by atoms with Crippen LogP contribution in [0.5, 0.6) is 0 Å². The van der Waals surface area contributed by atoms with Gasteiger partial charge in [-0.1, -0.05) is 0 Å². The molecule has 0 spiro atoms. The van der Waals surface area contributed by atoms with Crippen molar-refractivity contribution in [2.24, 2.45) is 0 Å². The Morgan fingerprint density at radius 3 is 1.36 bits per heavy atom. The van der Waals surface area contributed by atoms with Crippen LogP contribution >= 0.6 is 23.2 Å². The zero-order valence-corrected chi connectivity index (χ0v) is 8.88. The summed E-state index contributed by atoms with van der Waals surface area (Å²) in [6.45, 7) is 0. The molecule has 14 heavy (non-hydrogen) atoms. The van der Waals surface area contributed by atoms with Gasteiger partial charge < -0.3 is 9.47 Å². The molecule has 1 fully saturated rings. The summed E-state index contributed by atoms with van der Waals surface area (Å²) in [5, 5.41) is 0. The van der Waals surface area contributed by atoms with Crippen LogP contribution in [0.25, 0.3) is 0 Å². The van der Waals surface area contributed by atoms with Gasteiger partial charge in [-0.2, -0.15) is 0 Å². The second kappa shape index (κ2) is 5.41. The van der Waals surface area contributed by atoms with Gasteiger partial charge >= 0.3 is 10.9 Å². The van der Waals surface area contributed by atoms with E-state index in [9.17, 15) is 9.59 Å².